The first-order valence-corrected chi connectivity index (χ1v) is 10.4. The summed E-state index contributed by atoms with van der Waals surface area (Å²) in [6.45, 7) is 1.88. The molecule has 0 unspecified atom stereocenters. The number of likely N-dealkylation sites (tertiary alicyclic amines) is 1. The van der Waals surface area contributed by atoms with E-state index in [-0.39, 0.29) is 11.8 Å². The average Bonchev–Trinajstić information content (AvgIpc) is 2.79. The van der Waals surface area contributed by atoms with Crippen molar-refractivity contribution in [3.8, 4) is 11.5 Å². The highest BCUT2D eigenvalue weighted by molar-refractivity contribution is 5.95. The standard InChI is InChI=1S/C24H30N2O4/c1-29-21-15-20(16-22(17-21)30-2)24(28)25-11-8-23(27)26-12-9-19(10-13-26)14-18-6-4-3-5-7-18/h3-7,15-17,19H,8-14H2,1-2H3,(H,25,28). The summed E-state index contributed by atoms with van der Waals surface area (Å²) in [5.41, 5.74) is 1.81. The van der Waals surface area contributed by atoms with E-state index in [0.29, 0.717) is 35.9 Å². The summed E-state index contributed by atoms with van der Waals surface area (Å²) < 4.78 is 10.4. The number of piperidine rings is 1. The van der Waals surface area contributed by atoms with Crippen LogP contribution in [0.25, 0.3) is 0 Å². The monoisotopic (exact) mass is 410 g/mol. The van der Waals surface area contributed by atoms with Crippen molar-refractivity contribution in [1.29, 1.82) is 0 Å². The zero-order valence-electron chi connectivity index (χ0n) is 17.7. The maximum atomic E-state index is 12.5. The molecule has 0 saturated carbocycles. The smallest absolute Gasteiger partial charge is 0.251 e. The summed E-state index contributed by atoms with van der Waals surface area (Å²) in [5.74, 6) is 1.57. The lowest BCUT2D eigenvalue weighted by molar-refractivity contribution is -0.132. The number of nitrogens with one attached hydrogen (secondary N) is 1. The fraction of sp³-hybridized carbons (Fsp3) is 0.417. The molecule has 1 aliphatic heterocycles. The third kappa shape index (κ3) is 5.99. The third-order valence-electron chi connectivity index (χ3n) is 5.57. The van der Waals surface area contributed by atoms with Crippen LogP contribution < -0.4 is 14.8 Å². The Labute approximate surface area is 178 Å². The van der Waals surface area contributed by atoms with E-state index in [2.05, 4.69) is 29.6 Å². The van der Waals surface area contributed by atoms with Gasteiger partial charge in [0.05, 0.1) is 14.2 Å². The fourth-order valence-electron chi connectivity index (χ4n) is 3.82. The molecule has 30 heavy (non-hydrogen) atoms. The Morgan fingerprint density at radius 2 is 1.63 bits per heavy atom. The zero-order valence-corrected chi connectivity index (χ0v) is 17.7. The SMILES string of the molecule is COc1cc(OC)cc(C(=O)NCCC(=O)N2CCC(Cc3ccccc3)CC2)c1. The number of carbonyl (C=O) groups excluding carboxylic acids is 2. The van der Waals surface area contributed by atoms with Crippen molar-refractivity contribution >= 4 is 11.8 Å². The molecule has 0 atom stereocenters. The lowest BCUT2D eigenvalue weighted by atomic mass is 9.90. The van der Waals surface area contributed by atoms with Crippen LogP contribution in [0.15, 0.2) is 48.5 Å². The van der Waals surface area contributed by atoms with E-state index in [1.165, 1.54) is 19.8 Å². The van der Waals surface area contributed by atoms with Crippen LogP contribution in [0.4, 0.5) is 0 Å². The van der Waals surface area contributed by atoms with Gasteiger partial charge in [0.15, 0.2) is 0 Å². The van der Waals surface area contributed by atoms with Crippen LogP contribution in [0.1, 0.15) is 35.2 Å². The first-order valence-electron chi connectivity index (χ1n) is 10.4. The van der Waals surface area contributed by atoms with Crippen LogP contribution in [0, 0.1) is 5.92 Å². The summed E-state index contributed by atoms with van der Waals surface area (Å²) in [4.78, 5) is 26.8. The number of rotatable bonds is 8. The minimum atomic E-state index is -0.249. The molecule has 160 valence electrons. The summed E-state index contributed by atoms with van der Waals surface area (Å²) in [7, 11) is 3.08. The largest absolute Gasteiger partial charge is 0.497 e. The van der Waals surface area contributed by atoms with Gasteiger partial charge in [-0.3, -0.25) is 9.59 Å². The molecule has 0 bridgehead atoms. The normalized spacial score (nSPS) is 14.3. The number of nitrogens with zero attached hydrogens (tertiary/aromatic N) is 1. The number of benzene rings is 2. The Morgan fingerprint density at radius 1 is 1.00 bits per heavy atom. The van der Waals surface area contributed by atoms with E-state index < -0.39 is 0 Å². The van der Waals surface area contributed by atoms with Crippen LogP contribution in [-0.4, -0.2) is 50.6 Å². The van der Waals surface area contributed by atoms with Gasteiger partial charge < -0.3 is 19.7 Å². The topological polar surface area (TPSA) is 67.9 Å². The minimum absolute atomic E-state index is 0.0942. The summed E-state index contributed by atoms with van der Waals surface area (Å²) in [6, 6.07) is 15.5. The Morgan fingerprint density at radius 3 is 2.23 bits per heavy atom. The molecule has 3 rings (SSSR count). The molecule has 2 aromatic rings. The predicted molar refractivity (Wildman–Crippen MR) is 116 cm³/mol. The molecule has 6 nitrogen and oxygen atoms in total. The van der Waals surface area contributed by atoms with Crippen molar-refractivity contribution in [1.82, 2.24) is 10.2 Å². The second kappa shape index (κ2) is 10.7. The number of ether oxygens (including phenoxy) is 2. The molecule has 1 saturated heterocycles. The molecular formula is C24H30N2O4. The first kappa shape index (κ1) is 21.7. The van der Waals surface area contributed by atoms with Gasteiger partial charge in [0.2, 0.25) is 5.91 Å². The number of methoxy groups -OCH3 is 2. The molecule has 0 aromatic heterocycles. The van der Waals surface area contributed by atoms with Crippen molar-refractivity contribution in [3.05, 3.63) is 59.7 Å². The minimum Gasteiger partial charge on any atom is -0.497 e. The fourth-order valence-corrected chi connectivity index (χ4v) is 3.82. The molecule has 0 radical (unpaired) electrons. The Hall–Kier alpha value is -3.02. The summed E-state index contributed by atoms with van der Waals surface area (Å²) >= 11 is 0. The van der Waals surface area contributed by atoms with Crippen molar-refractivity contribution < 1.29 is 19.1 Å². The van der Waals surface area contributed by atoms with Crippen molar-refractivity contribution in [3.63, 3.8) is 0 Å². The third-order valence-corrected chi connectivity index (χ3v) is 5.57. The van der Waals surface area contributed by atoms with Gasteiger partial charge in [-0.05, 0) is 42.9 Å². The van der Waals surface area contributed by atoms with Gasteiger partial charge in [-0.1, -0.05) is 30.3 Å². The molecule has 1 aliphatic rings. The van der Waals surface area contributed by atoms with Gasteiger partial charge in [0, 0.05) is 37.7 Å². The van der Waals surface area contributed by atoms with Gasteiger partial charge >= 0.3 is 0 Å². The van der Waals surface area contributed by atoms with Crippen LogP contribution in [-0.2, 0) is 11.2 Å². The lowest BCUT2D eigenvalue weighted by Gasteiger charge is -2.32. The van der Waals surface area contributed by atoms with Crippen molar-refractivity contribution in [2.75, 3.05) is 33.9 Å². The van der Waals surface area contributed by atoms with Gasteiger partial charge in [0.25, 0.3) is 5.91 Å². The predicted octanol–water partition coefficient (Wildman–Crippen LogP) is 3.31. The number of amides is 2. The second-order valence-corrected chi connectivity index (χ2v) is 7.62. The Kier molecular flexibility index (Phi) is 7.71. The van der Waals surface area contributed by atoms with Crippen molar-refractivity contribution in [2.45, 2.75) is 25.7 Å². The van der Waals surface area contributed by atoms with E-state index in [9.17, 15) is 9.59 Å². The molecule has 6 heteroatoms. The first-order chi connectivity index (χ1) is 14.6. The zero-order chi connectivity index (χ0) is 21.3. The average molecular weight is 411 g/mol. The van der Waals surface area contributed by atoms with Gasteiger partial charge in [-0.25, -0.2) is 0 Å². The molecule has 2 amide bonds. The maximum absolute atomic E-state index is 12.5. The van der Waals surface area contributed by atoms with Gasteiger partial charge in [-0.2, -0.15) is 0 Å². The van der Waals surface area contributed by atoms with Gasteiger partial charge in [-0.15, -0.1) is 0 Å². The molecular weight excluding hydrogens is 380 g/mol. The lowest BCUT2D eigenvalue weighted by Crippen LogP contribution is -2.40. The van der Waals surface area contributed by atoms with Crippen molar-refractivity contribution in [2.24, 2.45) is 5.92 Å². The van der Waals surface area contributed by atoms with Crippen LogP contribution in [0.3, 0.4) is 0 Å². The van der Waals surface area contributed by atoms with Crippen LogP contribution >= 0.6 is 0 Å². The molecule has 1 heterocycles. The maximum Gasteiger partial charge on any atom is 0.251 e. The summed E-state index contributed by atoms with van der Waals surface area (Å²) in [6.07, 6.45) is 3.42. The number of carbonyl (C=O) groups is 2. The quantitative estimate of drug-likeness (QED) is 0.725. The van der Waals surface area contributed by atoms with Gasteiger partial charge in [0.1, 0.15) is 11.5 Å². The molecule has 2 aromatic carbocycles. The highest BCUT2D eigenvalue weighted by Crippen LogP contribution is 2.23. The van der Waals surface area contributed by atoms with E-state index in [1.54, 1.807) is 18.2 Å². The van der Waals surface area contributed by atoms with E-state index in [1.807, 2.05) is 11.0 Å². The Bertz CT molecular complexity index is 823. The van der Waals surface area contributed by atoms with E-state index in [0.717, 1.165) is 32.4 Å². The Balaban J connectivity index is 1.41. The highest BCUT2D eigenvalue weighted by atomic mass is 16.5. The molecule has 1 fully saturated rings. The van der Waals surface area contributed by atoms with Crippen LogP contribution in [0.2, 0.25) is 0 Å². The number of hydrogen-bond acceptors (Lipinski definition) is 4. The molecule has 0 aliphatic carbocycles. The summed E-state index contributed by atoms with van der Waals surface area (Å²) in [5, 5.41) is 2.82. The molecule has 0 spiro atoms. The van der Waals surface area contributed by atoms with E-state index in [4.69, 9.17) is 9.47 Å². The highest BCUT2D eigenvalue weighted by Gasteiger charge is 2.22. The molecule has 1 N–H and O–H groups in total. The van der Waals surface area contributed by atoms with E-state index >= 15 is 0 Å². The second-order valence-electron chi connectivity index (χ2n) is 7.62. The number of hydrogen-bond donors (Lipinski definition) is 1. The van der Waals surface area contributed by atoms with Crippen LogP contribution in [0.5, 0.6) is 11.5 Å².